The Balaban J connectivity index is 1.50. The number of halogens is 1. The van der Waals surface area contributed by atoms with E-state index in [0.717, 1.165) is 18.5 Å². The number of piperidine rings is 1. The minimum atomic E-state index is -0.332. The Kier molecular flexibility index (Phi) is 5.60. The number of para-hydroxylation sites is 2. The van der Waals surface area contributed by atoms with Gasteiger partial charge in [-0.1, -0.05) is 30.3 Å². The molecule has 0 aliphatic carbocycles. The fourth-order valence-electron chi connectivity index (χ4n) is 2.87. The van der Waals surface area contributed by atoms with Gasteiger partial charge in [0.2, 0.25) is 5.91 Å². The Morgan fingerprint density at radius 1 is 1.00 bits per heavy atom. The van der Waals surface area contributed by atoms with Crippen LogP contribution in [0.15, 0.2) is 54.6 Å². The van der Waals surface area contributed by atoms with E-state index < -0.39 is 0 Å². The summed E-state index contributed by atoms with van der Waals surface area (Å²) in [5.74, 6) is -0.325. The Hall–Kier alpha value is -2.47. The first-order valence-electron chi connectivity index (χ1n) is 8.30. The fourth-order valence-corrected chi connectivity index (χ4v) is 3.16. The van der Waals surface area contributed by atoms with Crippen molar-refractivity contribution in [2.24, 2.45) is 5.92 Å². The fraction of sp³-hybridized carbons (Fsp3) is 0.263. The summed E-state index contributed by atoms with van der Waals surface area (Å²) in [6.45, 7) is 1.35. The zero-order valence-corrected chi connectivity index (χ0v) is 14.6. The molecule has 0 radical (unpaired) electrons. The number of nitrogens with zero attached hydrogens (tertiary/aromatic N) is 1. The van der Waals surface area contributed by atoms with Gasteiger partial charge in [-0.05, 0) is 49.3 Å². The van der Waals surface area contributed by atoms with Gasteiger partial charge in [-0.2, -0.15) is 0 Å². The van der Waals surface area contributed by atoms with Crippen LogP contribution in [0.2, 0.25) is 0 Å². The SMILES string of the molecule is O=C(Nc1ccccc1)C1CCN(C(=S)Nc2ccccc2F)CC1. The number of carbonyl (C=O) groups is 1. The Morgan fingerprint density at radius 3 is 2.32 bits per heavy atom. The molecule has 4 nitrogen and oxygen atoms in total. The smallest absolute Gasteiger partial charge is 0.227 e. The van der Waals surface area contributed by atoms with Crippen LogP contribution >= 0.6 is 12.2 Å². The maximum atomic E-state index is 13.7. The Bertz CT molecular complexity index is 745. The van der Waals surface area contributed by atoms with Crippen molar-refractivity contribution in [3.05, 3.63) is 60.4 Å². The highest BCUT2D eigenvalue weighted by atomic mass is 32.1. The summed E-state index contributed by atoms with van der Waals surface area (Å²) in [6.07, 6.45) is 1.44. The van der Waals surface area contributed by atoms with Crippen LogP contribution in [-0.2, 0) is 4.79 Å². The van der Waals surface area contributed by atoms with Crippen molar-refractivity contribution in [3.8, 4) is 0 Å². The normalized spacial score (nSPS) is 14.8. The van der Waals surface area contributed by atoms with Crippen LogP contribution in [0, 0.1) is 11.7 Å². The molecule has 0 unspecified atom stereocenters. The topological polar surface area (TPSA) is 44.4 Å². The second kappa shape index (κ2) is 8.07. The highest BCUT2D eigenvalue weighted by Gasteiger charge is 2.26. The van der Waals surface area contributed by atoms with Gasteiger partial charge >= 0.3 is 0 Å². The molecule has 0 bridgehead atoms. The molecular formula is C19H20FN3OS. The molecule has 1 amide bonds. The molecule has 130 valence electrons. The van der Waals surface area contributed by atoms with Gasteiger partial charge in [0.1, 0.15) is 5.82 Å². The van der Waals surface area contributed by atoms with Gasteiger partial charge in [-0.25, -0.2) is 4.39 Å². The molecule has 1 aliphatic rings. The first kappa shape index (κ1) is 17.4. The summed E-state index contributed by atoms with van der Waals surface area (Å²) in [5, 5.41) is 6.39. The summed E-state index contributed by atoms with van der Waals surface area (Å²) in [6, 6.07) is 15.9. The van der Waals surface area contributed by atoms with E-state index in [1.165, 1.54) is 6.07 Å². The largest absolute Gasteiger partial charge is 0.349 e. The lowest BCUT2D eigenvalue weighted by atomic mass is 9.96. The lowest BCUT2D eigenvalue weighted by Crippen LogP contribution is -2.43. The molecule has 1 heterocycles. The third-order valence-corrected chi connectivity index (χ3v) is 4.67. The predicted octanol–water partition coefficient (Wildman–Crippen LogP) is 3.87. The van der Waals surface area contributed by atoms with E-state index in [0.29, 0.717) is 23.9 Å². The lowest BCUT2D eigenvalue weighted by molar-refractivity contribution is -0.120. The number of hydrogen-bond acceptors (Lipinski definition) is 2. The molecule has 1 saturated heterocycles. The minimum Gasteiger partial charge on any atom is -0.349 e. The van der Waals surface area contributed by atoms with Gasteiger partial charge in [0, 0.05) is 24.7 Å². The average Bonchev–Trinajstić information content (AvgIpc) is 2.64. The third-order valence-electron chi connectivity index (χ3n) is 4.31. The van der Waals surface area contributed by atoms with Crippen LogP contribution in [-0.4, -0.2) is 29.0 Å². The number of hydrogen-bond donors (Lipinski definition) is 2. The predicted molar refractivity (Wildman–Crippen MR) is 102 cm³/mol. The molecule has 2 aromatic carbocycles. The van der Waals surface area contributed by atoms with Crippen molar-refractivity contribution >= 4 is 34.6 Å². The molecule has 2 N–H and O–H groups in total. The average molecular weight is 357 g/mol. The number of thiocarbonyl (C=S) groups is 1. The monoisotopic (exact) mass is 357 g/mol. The third kappa shape index (κ3) is 4.54. The van der Waals surface area contributed by atoms with Gasteiger partial charge in [0.05, 0.1) is 5.69 Å². The summed E-state index contributed by atoms with van der Waals surface area (Å²) >= 11 is 5.37. The van der Waals surface area contributed by atoms with Crippen LogP contribution in [0.4, 0.5) is 15.8 Å². The number of benzene rings is 2. The maximum absolute atomic E-state index is 13.7. The van der Waals surface area contributed by atoms with Crippen LogP contribution in [0.1, 0.15) is 12.8 Å². The van der Waals surface area contributed by atoms with E-state index in [2.05, 4.69) is 10.6 Å². The highest BCUT2D eigenvalue weighted by Crippen LogP contribution is 2.21. The molecule has 25 heavy (non-hydrogen) atoms. The molecule has 6 heteroatoms. The van der Waals surface area contributed by atoms with Crippen molar-refractivity contribution in [3.63, 3.8) is 0 Å². The molecule has 0 aromatic heterocycles. The molecule has 1 aliphatic heterocycles. The minimum absolute atomic E-state index is 0.0345. The summed E-state index contributed by atoms with van der Waals surface area (Å²) in [5.41, 5.74) is 1.18. The first-order valence-corrected chi connectivity index (χ1v) is 8.70. The van der Waals surface area contributed by atoms with Crippen LogP contribution < -0.4 is 10.6 Å². The quantitative estimate of drug-likeness (QED) is 0.819. The number of amides is 1. The number of likely N-dealkylation sites (tertiary alicyclic amines) is 1. The number of nitrogens with one attached hydrogen (secondary N) is 2. The zero-order valence-electron chi connectivity index (χ0n) is 13.7. The lowest BCUT2D eigenvalue weighted by Gasteiger charge is -2.33. The molecule has 3 rings (SSSR count). The maximum Gasteiger partial charge on any atom is 0.227 e. The molecule has 1 fully saturated rings. The van der Waals surface area contributed by atoms with Crippen LogP contribution in [0.5, 0.6) is 0 Å². The highest BCUT2D eigenvalue weighted by molar-refractivity contribution is 7.80. The van der Waals surface area contributed by atoms with Gasteiger partial charge in [-0.15, -0.1) is 0 Å². The van der Waals surface area contributed by atoms with Crippen molar-refractivity contribution in [2.75, 3.05) is 23.7 Å². The molecule has 0 saturated carbocycles. The second-order valence-corrected chi connectivity index (χ2v) is 6.41. The van der Waals surface area contributed by atoms with Gasteiger partial charge in [-0.3, -0.25) is 4.79 Å². The second-order valence-electron chi connectivity index (χ2n) is 6.03. The van der Waals surface area contributed by atoms with Crippen molar-refractivity contribution in [1.82, 2.24) is 4.90 Å². The standard InChI is InChI=1S/C19H20FN3OS/c20-16-8-4-5-9-17(16)22-19(25)23-12-10-14(11-13-23)18(24)21-15-6-2-1-3-7-15/h1-9,14H,10-13H2,(H,21,24)(H,22,25). The van der Waals surface area contributed by atoms with E-state index in [-0.39, 0.29) is 17.6 Å². The van der Waals surface area contributed by atoms with Crippen molar-refractivity contribution < 1.29 is 9.18 Å². The van der Waals surface area contributed by atoms with E-state index >= 15 is 0 Å². The molecular weight excluding hydrogens is 337 g/mol. The van der Waals surface area contributed by atoms with Crippen LogP contribution in [0.25, 0.3) is 0 Å². The van der Waals surface area contributed by atoms with Crippen LogP contribution in [0.3, 0.4) is 0 Å². The number of rotatable bonds is 3. The Labute approximate surface area is 152 Å². The van der Waals surface area contributed by atoms with Gasteiger partial charge in [0.15, 0.2) is 5.11 Å². The summed E-state index contributed by atoms with van der Waals surface area (Å²) in [7, 11) is 0. The summed E-state index contributed by atoms with van der Waals surface area (Å²) in [4.78, 5) is 14.3. The molecule has 0 spiro atoms. The molecule has 0 atom stereocenters. The van der Waals surface area contributed by atoms with E-state index in [1.807, 2.05) is 35.2 Å². The van der Waals surface area contributed by atoms with E-state index in [1.54, 1.807) is 18.2 Å². The summed E-state index contributed by atoms with van der Waals surface area (Å²) < 4.78 is 13.7. The van der Waals surface area contributed by atoms with Gasteiger partial charge in [0.25, 0.3) is 0 Å². The molecule has 2 aromatic rings. The zero-order chi connectivity index (χ0) is 17.6. The van der Waals surface area contributed by atoms with Gasteiger partial charge < -0.3 is 15.5 Å². The van der Waals surface area contributed by atoms with E-state index in [9.17, 15) is 9.18 Å². The Morgan fingerprint density at radius 2 is 1.64 bits per heavy atom. The van der Waals surface area contributed by atoms with Crippen molar-refractivity contribution in [1.29, 1.82) is 0 Å². The van der Waals surface area contributed by atoms with E-state index in [4.69, 9.17) is 12.2 Å². The number of carbonyl (C=O) groups excluding carboxylic acids is 1. The first-order chi connectivity index (χ1) is 12.1. The van der Waals surface area contributed by atoms with Crippen molar-refractivity contribution in [2.45, 2.75) is 12.8 Å². The number of anilines is 2.